The molecule has 0 atom stereocenters. The molecule has 0 aliphatic rings. The highest BCUT2D eigenvalue weighted by Crippen LogP contribution is 2.31. The van der Waals surface area contributed by atoms with Gasteiger partial charge in [-0.2, -0.15) is 0 Å². The van der Waals surface area contributed by atoms with Crippen molar-refractivity contribution in [2.75, 3.05) is 13.2 Å². The monoisotopic (exact) mass is 483 g/mol. The molecule has 8 nitrogen and oxygen atoms in total. The summed E-state index contributed by atoms with van der Waals surface area (Å²) in [5.74, 6) is 0.916. The molecule has 0 unspecified atom stereocenters. The maximum Gasteiger partial charge on any atom is 0.232 e. The topological polar surface area (TPSA) is 115 Å². The van der Waals surface area contributed by atoms with Gasteiger partial charge in [0.15, 0.2) is 0 Å². The van der Waals surface area contributed by atoms with E-state index in [0.717, 1.165) is 45.2 Å². The molecule has 0 saturated carbocycles. The highest BCUT2D eigenvalue weighted by Gasteiger charge is 2.16. The van der Waals surface area contributed by atoms with Crippen LogP contribution in [0.1, 0.15) is 17.1 Å². The summed E-state index contributed by atoms with van der Waals surface area (Å²) in [6.07, 6.45) is 1.59. The van der Waals surface area contributed by atoms with Crippen LogP contribution < -0.4 is 15.8 Å². The van der Waals surface area contributed by atoms with E-state index in [4.69, 9.17) is 20.4 Å². The molecule has 0 aliphatic carbocycles. The van der Waals surface area contributed by atoms with Crippen molar-refractivity contribution < 1.29 is 9.13 Å². The van der Waals surface area contributed by atoms with Crippen LogP contribution in [0.15, 0.2) is 66.9 Å². The second kappa shape index (κ2) is 10.6. The summed E-state index contributed by atoms with van der Waals surface area (Å²) in [7, 11) is 0. The Morgan fingerprint density at radius 3 is 2.69 bits per heavy atom. The Labute approximate surface area is 207 Å². The molecule has 9 heteroatoms. The summed E-state index contributed by atoms with van der Waals surface area (Å²) >= 11 is 0. The highest BCUT2D eigenvalue weighted by atomic mass is 19.1. The summed E-state index contributed by atoms with van der Waals surface area (Å²) in [5, 5.41) is 3.33. The number of rotatable bonds is 9. The molecule has 2 aromatic carbocycles. The standard InChI is InChI=1S/C27H26FN7O/c1-17-4-2-7-22(32-17)27-26(34-24(35-27)15-30-14-18-5-3-6-20(28)12-18)19-8-9-21-23(13-19)33-25(16-31-21)36-11-10-29/h2-9,12-13,16,30H,10-11,14-15,29H2,1H3,(H,34,35). The van der Waals surface area contributed by atoms with Gasteiger partial charge in [-0.25, -0.2) is 19.3 Å². The van der Waals surface area contributed by atoms with Gasteiger partial charge in [0.2, 0.25) is 5.88 Å². The average Bonchev–Trinajstić information content (AvgIpc) is 3.31. The van der Waals surface area contributed by atoms with E-state index in [9.17, 15) is 4.39 Å². The molecule has 0 fully saturated rings. The van der Waals surface area contributed by atoms with E-state index in [1.54, 1.807) is 12.3 Å². The van der Waals surface area contributed by atoms with Crippen molar-refractivity contribution in [2.45, 2.75) is 20.0 Å². The zero-order chi connectivity index (χ0) is 24.9. The quantitative estimate of drug-likeness (QED) is 0.288. The molecule has 3 heterocycles. The van der Waals surface area contributed by atoms with Crippen molar-refractivity contribution in [1.82, 2.24) is 30.2 Å². The summed E-state index contributed by atoms with van der Waals surface area (Å²) in [4.78, 5) is 22.0. The lowest BCUT2D eigenvalue weighted by Gasteiger charge is -2.07. The van der Waals surface area contributed by atoms with E-state index in [-0.39, 0.29) is 5.82 Å². The molecule has 0 amide bonds. The fourth-order valence-electron chi connectivity index (χ4n) is 3.93. The molecule has 3 aromatic heterocycles. The average molecular weight is 484 g/mol. The molecule has 182 valence electrons. The van der Waals surface area contributed by atoms with Crippen LogP contribution in [0.5, 0.6) is 5.88 Å². The number of pyridine rings is 1. The predicted octanol–water partition coefficient (Wildman–Crippen LogP) is 4.16. The number of benzene rings is 2. The first-order chi connectivity index (χ1) is 17.6. The van der Waals surface area contributed by atoms with Crippen LogP contribution in [0.3, 0.4) is 0 Å². The number of aromatic amines is 1. The largest absolute Gasteiger partial charge is 0.475 e. The van der Waals surface area contributed by atoms with E-state index < -0.39 is 0 Å². The highest BCUT2D eigenvalue weighted by molar-refractivity contribution is 5.85. The number of hydrogen-bond donors (Lipinski definition) is 3. The molecule has 0 bridgehead atoms. The maximum absolute atomic E-state index is 13.5. The summed E-state index contributed by atoms with van der Waals surface area (Å²) in [5.41, 5.74) is 12.0. The molecular formula is C27H26FN7O. The Morgan fingerprint density at radius 1 is 0.972 bits per heavy atom. The number of halogens is 1. The zero-order valence-corrected chi connectivity index (χ0v) is 19.8. The van der Waals surface area contributed by atoms with Crippen LogP contribution >= 0.6 is 0 Å². The van der Waals surface area contributed by atoms with E-state index in [0.29, 0.717) is 37.6 Å². The number of nitrogens with two attached hydrogens (primary N) is 1. The van der Waals surface area contributed by atoms with Crippen molar-refractivity contribution in [3.8, 4) is 28.5 Å². The minimum Gasteiger partial charge on any atom is -0.475 e. The van der Waals surface area contributed by atoms with Crippen LogP contribution in [0, 0.1) is 12.7 Å². The lowest BCUT2D eigenvalue weighted by atomic mass is 10.1. The molecule has 0 aliphatic heterocycles. The van der Waals surface area contributed by atoms with Crippen molar-refractivity contribution in [2.24, 2.45) is 5.73 Å². The number of hydrogen-bond acceptors (Lipinski definition) is 7. The first-order valence-electron chi connectivity index (χ1n) is 11.7. The van der Waals surface area contributed by atoms with Crippen LogP contribution in [0.2, 0.25) is 0 Å². The fourth-order valence-corrected chi connectivity index (χ4v) is 3.93. The molecule has 5 rings (SSSR count). The van der Waals surface area contributed by atoms with Crippen LogP contribution in [0.25, 0.3) is 33.7 Å². The van der Waals surface area contributed by atoms with E-state index in [1.165, 1.54) is 12.1 Å². The first kappa shape index (κ1) is 23.5. The normalized spacial score (nSPS) is 11.2. The summed E-state index contributed by atoms with van der Waals surface area (Å²) in [6.45, 7) is 3.71. The van der Waals surface area contributed by atoms with Gasteiger partial charge < -0.3 is 20.8 Å². The number of imidazole rings is 1. The van der Waals surface area contributed by atoms with Crippen LogP contribution in [0.4, 0.5) is 4.39 Å². The summed E-state index contributed by atoms with van der Waals surface area (Å²) in [6, 6.07) is 18.2. The molecule has 0 saturated heterocycles. The third kappa shape index (κ3) is 5.37. The lowest BCUT2D eigenvalue weighted by Crippen LogP contribution is -2.13. The smallest absolute Gasteiger partial charge is 0.232 e. The van der Waals surface area contributed by atoms with Gasteiger partial charge in [-0.05, 0) is 48.9 Å². The molecular weight excluding hydrogens is 457 g/mol. The van der Waals surface area contributed by atoms with Crippen molar-refractivity contribution in [3.05, 3.63) is 89.8 Å². The van der Waals surface area contributed by atoms with Crippen molar-refractivity contribution >= 4 is 11.0 Å². The Bertz CT molecular complexity index is 1500. The zero-order valence-electron chi connectivity index (χ0n) is 19.8. The molecule has 36 heavy (non-hydrogen) atoms. The fraction of sp³-hybridized carbons (Fsp3) is 0.185. The van der Waals surface area contributed by atoms with E-state index in [1.807, 2.05) is 49.4 Å². The first-order valence-corrected chi connectivity index (χ1v) is 11.7. The predicted molar refractivity (Wildman–Crippen MR) is 137 cm³/mol. The molecule has 0 spiro atoms. The Hall–Kier alpha value is -4.21. The molecule has 0 radical (unpaired) electrons. The Morgan fingerprint density at radius 2 is 1.86 bits per heavy atom. The SMILES string of the molecule is Cc1cccc(-c2[nH]c(CNCc3cccc(F)c3)nc2-c2ccc3ncc(OCCN)nc3c2)n1. The number of aromatic nitrogens is 5. The number of ether oxygens (including phenoxy) is 1. The van der Waals surface area contributed by atoms with Gasteiger partial charge >= 0.3 is 0 Å². The maximum atomic E-state index is 13.5. The minimum absolute atomic E-state index is 0.251. The van der Waals surface area contributed by atoms with Crippen molar-refractivity contribution in [1.29, 1.82) is 0 Å². The summed E-state index contributed by atoms with van der Waals surface area (Å²) < 4.78 is 19.0. The Kier molecular flexibility index (Phi) is 6.92. The van der Waals surface area contributed by atoms with Gasteiger partial charge in [0.1, 0.15) is 18.2 Å². The lowest BCUT2D eigenvalue weighted by molar-refractivity contribution is 0.315. The number of fused-ring (bicyclic) bond motifs is 1. The number of nitrogens with one attached hydrogen (secondary N) is 2. The van der Waals surface area contributed by atoms with Crippen LogP contribution in [-0.2, 0) is 13.1 Å². The second-order valence-electron chi connectivity index (χ2n) is 8.35. The molecule has 4 N–H and O–H groups in total. The van der Waals surface area contributed by atoms with Crippen LogP contribution in [-0.4, -0.2) is 38.1 Å². The number of H-pyrrole nitrogens is 1. The third-order valence-electron chi connectivity index (χ3n) is 5.57. The number of aryl methyl sites for hydroxylation is 1. The van der Waals surface area contributed by atoms with Gasteiger partial charge in [-0.1, -0.05) is 24.3 Å². The van der Waals surface area contributed by atoms with Gasteiger partial charge in [0, 0.05) is 24.3 Å². The van der Waals surface area contributed by atoms with Crippen molar-refractivity contribution in [3.63, 3.8) is 0 Å². The van der Waals surface area contributed by atoms with Gasteiger partial charge in [-0.15, -0.1) is 0 Å². The third-order valence-corrected chi connectivity index (χ3v) is 5.57. The Balaban J connectivity index is 1.48. The van der Waals surface area contributed by atoms with Gasteiger partial charge in [-0.3, -0.25) is 4.98 Å². The van der Waals surface area contributed by atoms with E-state index >= 15 is 0 Å². The van der Waals surface area contributed by atoms with Gasteiger partial charge in [0.05, 0.1) is 40.9 Å². The van der Waals surface area contributed by atoms with E-state index in [2.05, 4.69) is 20.3 Å². The molecule has 5 aromatic rings. The van der Waals surface area contributed by atoms with Gasteiger partial charge in [0.25, 0.3) is 0 Å². The number of nitrogens with zero attached hydrogens (tertiary/aromatic N) is 4. The second-order valence-corrected chi connectivity index (χ2v) is 8.35. The minimum atomic E-state index is -0.251.